The van der Waals surface area contributed by atoms with E-state index >= 15 is 0 Å². The average molecular weight is 353 g/mol. The second-order valence-electron chi connectivity index (χ2n) is 7.36. The van der Waals surface area contributed by atoms with Gasteiger partial charge in [0, 0.05) is 24.3 Å². The van der Waals surface area contributed by atoms with Crippen LogP contribution < -0.4 is 22.1 Å². The average Bonchev–Trinajstić information content (AvgIpc) is 2.64. The third-order valence-electron chi connectivity index (χ3n) is 5.46. The molecule has 0 radical (unpaired) electrons. The van der Waals surface area contributed by atoms with Crippen LogP contribution in [-0.2, 0) is 0 Å². The van der Waals surface area contributed by atoms with Gasteiger partial charge in [0.15, 0.2) is 5.82 Å². The molecule has 0 spiro atoms. The van der Waals surface area contributed by atoms with Crippen molar-refractivity contribution in [2.45, 2.75) is 26.7 Å². The molecule has 1 saturated heterocycles. The number of rotatable bonds is 4. The molecule has 0 atom stereocenters. The molecule has 7 heteroatoms. The molecule has 1 aliphatic rings. The van der Waals surface area contributed by atoms with Crippen molar-refractivity contribution >= 4 is 23.0 Å². The number of anilines is 3. The van der Waals surface area contributed by atoms with E-state index in [0.717, 1.165) is 42.9 Å². The van der Waals surface area contributed by atoms with Gasteiger partial charge in [-0.15, -0.1) is 0 Å². The van der Waals surface area contributed by atoms with Gasteiger partial charge in [-0.2, -0.15) is 0 Å². The number of benzene rings is 1. The molecule has 0 bridgehead atoms. The lowest BCUT2D eigenvalue weighted by Crippen LogP contribution is -2.42. The van der Waals surface area contributed by atoms with Gasteiger partial charge in [0.1, 0.15) is 11.5 Å². The first-order chi connectivity index (χ1) is 12.3. The highest BCUT2D eigenvalue weighted by atomic mass is 15.2. The normalized spacial score (nSPS) is 16.5. The molecule has 1 aromatic heterocycles. The smallest absolute Gasteiger partial charge is 0.154 e. The zero-order valence-corrected chi connectivity index (χ0v) is 15.4. The maximum atomic E-state index is 8.48. The Labute approximate surface area is 154 Å². The summed E-state index contributed by atoms with van der Waals surface area (Å²) in [5.41, 5.74) is 21.0. The fourth-order valence-corrected chi connectivity index (χ4v) is 3.27. The van der Waals surface area contributed by atoms with Gasteiger partial charge in [-0.25, -0.2) is 9.97 Å². The van der Waals surface area contributed by atoms with Crippen molar-refractivity contribution in [2.24, 2.45) is 11.1 Å². The molecule has 26 heavy (non-hydrogen) atoms. The zero-order valence-electron chi connectivity index (χ0n) is 15.4. The number of nitrogens with two attached hydrogens (primary N) is 3. The molecule has 138 valence electrons. The van der Waals surface area contributed by atoms with Crippen LogP contribution in [0.3, 0.4) is 0 Å². The highest BCUT2D eigenvalue weighted by molar-refractivity contribution is 6.13. The number of piperidine rings is 1. The minimum absolute atomic E-state index is 0.197. The van der Waals surface area contributed by atoms with Crippen LogP contribution >= 0.6 is 0 Å². The third-order valence-corrected chi connectivity index (χ3v) is 5.46. The second kappa shape index (κ2) is 6.92. The highest BCUT2D eigenvalue weighted by Crippen LogP contribution is 2.31. The van der Waals surface area contributed by atoms with Crippen LogP contribution in [0.1, 0.15) is 36.6 Å². The van der Waals surface area contributed by atoms with Gasteiger partial charge in [-0.05, 0) is 43.4 Å². The number of nitrogens with zero attached hydrogens (tertiary/aromatic N) is 3. The summed E-state index contributed by atoms with van der Waals surface area (Å²) in [5.74, 6) is 1.02. The number of hydrogen-bond acceptors (Lipinski definition) is 7. The molecule has 1 aliphatic heterocycles. The number of nitrogens with one attached hydrogen (secondary N) is 1. The van der Waals surface area contributed by atoms with Crippen LogP contribution in [0.2, 0.25) is 0 Å². The van der Waals surface area contributed by atoms with Crippen LogP contribution in [0.4, 0.5) is 17.3 Å². The van der Waals surface area contributed by atoms with E-state index in [1.165, 1.54) is 0 Å². The van der Waals surface area contributed by atoms with Gasteiger partial charge in [0.2, 0.25) is 0 Å². The molecule has 2 aromatic rings. The fourth-order valence-electron chi connectivity index (χ4n) is 3.27. The van der Waals surface area contributed by atoms with E-state index in [1.807, 2.05) is 25.1 Å². The van der Waals surface area contributed by atoms with E-state index in [-0.39, 0.29) is 16.9 Å². The van der Waals surface area contributed by atoms with Gasteiger partial charge in [0.25, 0.3) is 0 Å². The summed E-state index contributed by atoms with van der Waals surface area (Å²) in [4.78, 5) is 11.1. The molecule has 7 N–H and O–H groups in total. The Balaban J connectivity index is 1.82. The molecule has 3 rings (SSSR count). The van der Waals surface area contributed by atoms with Gasteiger partial charge < -0.3 is 22.1 Å². The summed E-state index contributed by atoms with van der Waals surface area (Å²) in [6, 6.07) is 5.49. The van der Waals surface area contributed by atoms with E-state index < -0.39 is 0 Å². The lowest BCUT2D eigenvalue weighted by Gasteiger charge is -2.39. The SMILES string of the molecule is Cc1c(N)cccc1C(=N)c1ncc(N2CCC(C)(CN)CC2)nc1N. The Morgan fingerprint density at radius 2 is 1.96 bits per heavy atom. The summed E-state index contributed by atoms with van der Waals surface area (Å²) >= 11 is 0. The third kappa shape index (κ3) is 3.35. The van der Waals surface area contributed by atoms with E-state index in [0.29, 0.717) is 17.9 Å². The first-order valence-electron chi connectivity index (χ1n) is 8.86. The van der Waals surface area contributed by atoms with Crippen LogP contribution in [0, 0.1) is 17.7 Å². The molecule has 7 nitrogen and oxygen atoms in total. The van der Waals surface area contributed by atoms with E-state index in [4.69, 9.17) is 22.6 Å². The molecular formula is C19H27N7. The van der Waals surface area contributed by atoms with Crippen LogP contribution in [-0.4, -0.2) is 35.3 Å². The predicted molar refractivity (Wildman–Crippen MR) is 107 cm³/mol. The quantitative estimate of drug-likeness (QED) is 0.491. The Kier molecular flexibility index (Phi) is 4.82. The van der Waals surface area contributed by atoms with Crippen LogP contribution in [0.15, 0.2) is 24.4 Å². The minimum Gasteiger partial charge on any atom is -0.398 e. The number of hydrogen-bond donors (Lipinski definition) is 4. The summed E-state index contributed by atoms with van der Waals surface area (Å²) in [6.45, 7) is 6.58. The van der Waals surface area contributed by atoms with Crippen molar-refractivity contribution in [1.29, 1.82) is 5.41 Å². The molecule has 0 amide bonds. The highest BCUT2D eigenvalue weighted by Gasteiger charge is 2.29. The number of nitrogen functional groups attached to an aromatic ring is 2. The lowest BCUT2D eigenvalue weighted by molar-refractivity contribution is 0.258. The van der Waals surface area contributed by atoms with Gasteiger partial charge in [-0.1, -0.05) is 19.1 Å². The molecular weight excluding hydrogens is 326 g/mol. The van der Waals surface area contributed by atoms with Gasteiger partial charge >= 0.3 is 0 Å². The monoisotopic (exact) mass is 353 g/mol. The topological polar surface area (TPSA) is 131 Å². The zero-order chi connectivity index (χ0) is 18.9. The Morgan fingerprint density at radius 3 is 2.58 bits per heavy atom. The summed E-state index contributed by atoms with van der Waals surface area (Å²) in [7, 11) is 0. The van der Waals surface area contributed by atoms with Crippen molar-refractivity contribution in [2.75, 3.05) is 36.0 Å². The Hall–Kier alpha value is -2.67. The van der Waals surface area contributed by atoms with Gasteiger partial charge in [-0.3, -0.25) is 5.41 Å². The number of aromatic nitrogens is 2. The van der Waals surface area contributed by atoms with Crippen molar-refractivity contribution < 1.29 is 0 Å². The lowest BCUT2D eigenvalue weighted by atomic mass is 9.80. The first-order valence-corrected chi connectivity index (χ1v) is 8.86. The Morgan fingerprint density at radius 1 is 1.27 bits per heavy atom. The van der Waals surface area contributed by atoms with Crippen LogP contribution in [0.25, 0.3) is 0 Å². The van der Waals surface area contributed by atoms with Crippen molar-refractivity contribution in [3.05, 3.63) is 41.2 Å². The summed E-state index contributed by atoms with van der Waals surface area (Å²) in [5, 5.41) is 8.48. The summed E-state index contributed by atoms with van der Waals surface area (Å²) in [6.07, 6.45) is 3.74. The van der Waals surface area contributed by atoms with E-state index in [2.05, 4.69) is 21.8 Å². The minimum atomic E-state index is 0.197. The summed E-state index contributed by atoms with van der Waals surface area (Å²) < 4.78 is 0. The van der Waals surface area contributed by atoms with Crippen molar-refractivity contribution in [1.82, 2.24) is 9.97 Å². The van der Waals surface area contributed by atoms with E-state index in [1.54, 1.807) is 6.20 Å². The van der Waals surface area contributed by atoms with E-state index in [9.17, 15) is 0 Å². The molecule has 0 aliphatic carbocycles. The molecule has 0 unspecified atom stereocenters. The molecule has 0 saturated carbocycles. The maximum Gasteiger partial charge on any atom is 0.154 e. The molecule has 1 fully saturated rings. The standard InChI is InChI=1S/C19H27N7/c1-12-13(4-3-5-14(12)21)16(22)17-18(23)25-15(10-24-17)26-8-6-19(2,11-20)7-9-26/h3-5,10,22H,6-9,11,20-21H2,1-2H3,(H2,23,25). The Bertz CT molecular complexity index is 823. The second-order valence-corrected chi connectivity index (χ2v) is 7.36. The molecule has 1 aromatic carbocycles. The van der Waals surface area contributed by atoms with Crippen molar-refractivity contribution in [3.63, 3.8) is 0 Å². The first kappa shape index (κ1) is 18.1. The van der Waals surface area contributed by atoms with Gasteiger partial charge in [0.05, 0.1) is 11.9 Å². The van der Waals surface area contributed by atoms with Crippen LogP contribution in [0.5, 0.6) is 0 Å². The maximum absolute atomic E-state index is 8.48. The predicted octanol–water partition coefficient (Wildman–Crippen LogP) is 1.93. The molecule has 2 heterocycles. The van der Waals surface area contributed by atoms with Crippen molar-refractivity contribution in [3.8, 4) is 0 Å². The fraction of sp³-hybridized carbons (Fsp3) is 0.421. The largest absolute Gasteiger partial charge is 0.398 e.